The fourth-order valence-corrected chi connectivity index (χ4v) is 2.85. The van der Waals surface area contributed by atoms with E-state index in [-0.39, 0.29) is 6.10 Å². The molecule has 1 saturated heterocycles. The molecule has 28 heavy (non-hydrogen) atoms. The Morgan fingerprint density at radius 3 is 2.32 bits per heavy atom. The van der Waals surface area contributed by atoms with Crippen LogP contribution in [0.4, 0.5) is 13.2 Å². The normalized spacial score (nSPS) is 19.6. The molecule has 0 unspecified atom stereocenters. The van der Waals surface area contributed by atoms with Crippen LogP contribution in [-0.2, 0) is 16.0 Å². The Morgan fingerprint density at radius 1 is 1.29 bits per heavy atom. The monoisotopic (exact) mass is 418 g/mol. The molecule has 1 aliphatic heterocycles. The minimum absolute atomic E-state index is 0.124. The van der Waals surface area contributed by atoms with Gasteiger partial charge < -0.3 is 20.1 Å². The number of carboxylic acid groups (broad SMARTS) is 1. The Labute approximate surface area is 165 Å². The topological polar surface area (TPSA) is 74.3 Å². The van der Waals surface area contributed by atoms with E-state index in [0.717, 1.165) is 24.6 Å². The van der Waals surface area contributed by atoms with E-state index in [1.54, 1.807) is 0 Å². The first kappa shape index (κ1) is 22.3. The first-order chi connectivity index (χ1) is 13.1. The van der Waals surface area contributed by atoms with E-state index >= 15 is 0 Å². The van der Waals surface area contributed by atoms with Crippen molar-refractivity contribution in [2.75, 3.05) is 13.2 Å². The maximum atomic E-state index is 10.6. The number of halogens is 4. The van der Waals surface area contributed by atoms with Gasteiger partial charge in [0.25, 0.3) is 0 Å². The van der Waals surface area contributed by atoms with Crippen molar-refractivity contribution < 1.29 is 27.8 Å². The lowest BCUT2D eigenvalue weighted by Gasteiger charge is -2.30. The Balaban J connectivity index is 0.000000345. The van der Waals surface area contributed by atoms with Gasteiger partial charge in [-0.1, -0.05) is 23.7 Å². The van der Waals surface area contributed by atoms with Crippen LogP contribution in [0.3, 0.4) is 0 Å². The van der Waals surface area contributed by atoms with Gasteiger partial charge in [-0.2, -0.15) is 13.2 Å². The molecule has 2 aromatic rings. The highest BCUT2D eigenvalue weighted by molar-refractivity contribution is 6.30. The van der Waals surface area contributed by atoms with Crippen LogP contribution in [0.25, 0.3) is 0 Å². The smallest absolute Gasteiger partial charge is 0.475 e. The van der Waals surface area contributed by atoms with E-state index < -0.39 is 12.1 Å². The molecule has 0 radical (unpaired) electrons. The molecule has 2 atom stereocenters. The average Bonchev–Trinajstić information content (AvgIpc) is 2.96. The lowest BCUT2D eigenvalue weighted by Crippen LogP contribution is -2.44. The van der Waals surface area contributed by atoms with E-state index in [1.165, 1.54) is 22.5 Å². The number of H-pyrrole nitrogens is 1. The van der Waals surface area contributed by atoms with Gasteiger partial charge >= 0.3 is 12.1 Å². The van der Waals surface area contributed by atoms with Gasteiger partial charge in [-0.05, 0) is 49.6 Å². The summed E-state index contributed by atoms with van der Waals surface area (Å²) in [5, 5.41) is 11.5. The molecule has 1 aromatic carbocycles. The summed E-state index contributed by atoms with van der Waals surface area (Å²) in [6.45, 7) is 5.79. The molecule has 1 aromatic heterocycles. The highest BCUT2D eigenvalue weighted by Gasteiger charge is 2.38. The number of hydrogen-bond acceptors (Lipinski definition) is 3. The van der Waals surface area contributed by atoms with Crippen LogP contribution in [0.1, 0.15) is 28.6 Å². The van der Waals surface area contributed by atoms with Gasteiger partial charge in [0.2, 0.25) is 0 Å². The molecule has 154 valence electrons. The number of carbonyl (C=O) groups is 1. The Morgan fingerprint density at radius 2 is 1.89 bits per heavy atom. The van der Waals surface area contributed by atoms with E-state index in [9.17, 15) is 13.2 Å². The molecule has 0 bridgehead atoms. The van der Waals surface area contributed by atoms with E-state index in [2.05, 4.69) is 42.3 Å². The summed E-state index contributed by atoms with van der Waals surface area (Å²) in [7, 11) is 0. The Hall–Kier alpha value is -2.03. The second-order valence-corrected chi connectivity index (χ2v) is 7.03. The number of morpholine rings is 1. The Bertz CT molecular complexity index is 763. The number of nitrogens with one attached hydrogen (secondary N) is 2. The minimum Gasteiger partial charge on any atom is -0.475 e. The van der Waals surface area contributed by atoms with Gasteiger partial charge in [0.05, 0.1) is 6.61 Å². The molecular formula is C19H22ClF3N2O3. The van der Waals surface area contributed by atoms with Crippen LogP contribution in [0.5, 0.6) is 0 Å². The van der Waals surface area contributed by atoms with E-state index in [1.807, 2.05) is 12.1 Å². The largest absolute Gasteiger partial charge is 0.490 e. The third-order valence-corrected chi connectivity index (χ3v) is 4.62. The van der Waals surface area contributed by atoms with Crippen molar-refractivity contribution >= 4 is 17.6 Å². The number of carboxylic acids is 1. The highest BCUT2D eigenvalue weighted by Crippen LogP contribution is 2.22. The van der Waals surface area contributed by atoms with Gasteiger partial charge in [0, 0.05) is 29.0 Å². The maximum absolute atomic E-state index is 10.6. The van der Waals surface area contributed by atoms with Crippen LogP contribution in [0, 0.1) is 13.8 Å². The lowest BCUT2D eigenvalue weighted by molar-refractivity contribution is -0.192. The molecule has 0 amide bonds. The predicted octanol–water partition coefficient (Wildman–Crippen LogP) is 4.19. The fraction of sp³-hybridized carbons (Fsp3) is 0.421. The number of ether oxygens (including phenoxy) is 1. The molecule has 5 nitrogen and oxygen atoms in total. The summed E-state index contributed by atoms with van der Waals surface area (Å²) in [6.07, 6.45) is -3.99. The van der Waals surface area contributed by atoms with Crippen molar-refractivity contribution in [3.63, 3.8) is 0 Å². The number of rotatable bonds is 3. The summed E-state index contributed by atoms with van der Waals surface area (Å²) in [4.78, 5) is 12.3. The summed E-state index contributed by atoms with van der Waals surface area (Å²) in [6, 6.07) is 10.6. The number of benzene rings is 1. The minimum atomic E-state index is -5.08. The van der Waals surface area contributed by atoms with Crippen molar-refractivity contribution in [1.29, 1.82) is 0 Å². The van der Waals surface area contributed by atoms with Crippen LogP contribution in [0.15, 0.2) is 30.3 Å². The summed E-state index contributed by atoms with van der Waals surface area (Å²) in [5.41, 5.74) is 4.96. The lowest BCUT2D eigenvalue weighted by atomic mass is 10.0. The third kappa shape index (κ3) is 6.54. The van der Waals surface area contributed by atoms with Crippen LogP contribution >= 0.6 is 11.6 Å². The second kappa shape index (κ2) is 9.45. The van der Waals surface area contributed by atoms with Crippen molar-refractivity contribution in [1.82, 2.24) is 10.3 Å². The zero-order valence-electron chi connectivity index (χ0n) is 15.4. The SMILES string of the molecule is Cc1cc([C@H]2CN[C@@H](Cc3ccc(Cl)cc3)CO2)[nH]c1C.O=C(O)C(F)(F)F. The first-order valence-electron chi connectivity index (χ1n) is 8.62. The number of aliphatic carboxylic acids is 1. The van der Waals surface area contributed by atoms with Crippen molar-refractivity contribution in [2.45, 2.75) is 38.6 Å². The molecular weight excluding hydrogens is 397 g/mol. The number of aromatic amines is 1. The second-order valence-electron chi connectivity index (χ2n) is 6.59. The average molecular weight is 419 g/mol. The van der Waals surface area contributed by atoms with Gasteiger partial charge in [-0.15, -0.1) is 0 Å². The number of alkyl halides is 3. The van der Waals surface area contributed by atoms with Crippen LogP contribution < -0.4 is 5.32 Å². The Kier molecular flexibility index (Phi) is 7.51. The molecule has 3 N–H and O–H groups in total. The molecule has 1 aliphatic rings. The van der Waals surface area contributed by atoms with Gasteiger partial charge in [0.1, 0.15) is 6.10 Å². The van der Waals surface area contributed by atoms with Crippen LogP contribution in [-0.4, -0.2) is 41.4 Å². The quantitative estimate of drug-likeness (QED) is 0.698. The van der Waals surface area contributed by atoms with E-state index in [4.69, 9.17) is 26.2 Å². The molecule has 0 saturated carbocycles. The van der Waals surface area contributed by atoms with Crippen molar-refractivity contribution in [3.05, 3.63) is 57.9 Å². The first-order valence-corrected chi connectivity index (χ1v) is 8.99. The third-order valence-electron chi connectivity index (χ3n) is 4.37. The molecule has 2 heterocycles. The summed E-state index contributed by atoms with van der Waals surface area (Å²) >= 11 is 5.91. The molecule has 3 rings (SSSR count). The van der Waals surface area contributed by atoms with E-state index in [0.29, 0.717) is 6.04 Å². The van der Waals surface area contributed by atoms with Crippen molar-refractivity contribution in [2.24, 2.45) is 0 Å². The summed E-state index contributed by atoms with van der Waals surface area (Å²) in [5.74, 6) is -2.76. The molecule has 0 spiro atoms. The van der Waals surface area contributed by atoms with Crippen molar-refractivity contribution in [3.8, 4) is 0 Å². The fourth-order valence-electron chi connectivity index (χ4n) is 2.73. The number of aryl methyl sites for hydroxylation is 2. The summed E-state index contributed by atoms with van der Waals surface area (Å²) < 4.78 is 37.8. The van der Waals surface area contributed by atoms with Crippen LogP contribution in [0.2, 0.25) is 5.02 Å². The van der Waals surface area contributed by atoms with Gasteiger partial charge in [-0.25, -0.2) is 4.79 Å². The standard InChI is InChI=1S/C17H21ClN2O.C2HF3O2/c1-11-7-16(20-12(11)2)17-9-19-15(10-21-17)8-13-3-5-14(18)6-4-13;3-2(4,5)1(6)7/h3-7,15,17,19-20H,8-10H2,1-2H3;(H,6,7)/t15-,17+;/m0./s1. The molecule has 0 aliphatic carbocycles. The maximum Gasteiger partial charge on any atom is 0.490 e. The number of hydrogen-bond donors (Lipinski definition) is 3. The highest BCUT2D eigenvalue weighted by atomic mass is 35.5. The van der Waals surface area contributed by atoms with Gasteiger partial charge in [0.15, 0.2) is 0 Å². The number of aromatic nitrogens is 1. The predicted molar refractivity (Wildman–Crippen MR) is 99.6 cm³/mol. The molecule has 1 fully saturated rings. The molecule has 9 heteroatoms. The zero-order chi connectivity index (χ0) is 20.9. The zero-order valence-corrected chi connectivity index (χ0v) is 16.2. The van der Waals surface area contributed by atoms with Gasteiger partial charge in [-0.3, -0.25) is 0 Å².